The molecule has 1 aromatic carbocycles. The van der Waals surface area contributed by atoms with Crippen LogP contribution in [-0.2, 0) is 6.42 Å². The number of carboxylic acid groups (broad SMARTS) is 1. The Morgan fingerprint density at radius 1 is 1.41 bits per heavy atom. The van der Waals surface area contributed by atoms with E-state index in [2.05, 4.69) is 16.4 Å². The summed E-state index contributed by atoms with van der Waals surface area (Å²) in [6, 6.07) is 7.17. The Hall–Kier alpha value is -4.13. The number of nitrogens with zero attached hydrogens (tertiary/aromatic N) is 4. The van der Waals surface area contributed by atoms with Gasteiger partial charge in [-0.3, -0.25) is 14.7 Å². The summed E-state index contributed by atoms with van der Waals surface area (Å²) in [5.41, 5.74) is 2.28. The lowest BCUT2D eigenvalue weighted by atomic mass is 9.95. The van der Waals surface area contributed by atoms with Gasteiger partial charge < -0.3 is 15.2 Å². The number of carbonyl (C=O) groups is 1. The Kier molecular flexibility index (Phi) is 5.77. The molecule has 10 nitrogen and oxygen atoms in total. The molecule has 10 heteroatoms. The second-order valence-electron chi connectivity index (χ2n) is 8.14. The summed E-state index contributed by atoms with van der Waals surface area (Å²) < 4.78 is 7.25. The molecule has 1 amide bonds. The number of fused-ring (bicyclic) bond motifs is 1. The third-order valence-electron chi connectivity index (χ3n) is 5.30. The molecule has 0 atom stereocenters. The molecule has 0 unspecified atom stereocenters. The first-order valence-corrected chi connectivity index (χ1v) is 9.74. The number of methoxy groups -OCH3 is 1. The summed E-state index contributed by atoms with van der Waals surface area (Å²) in [7, 11) is 1.55. The summed E-state index contributed by atoms with van der Waals surface area (Å²) in [6.07, 6.45) is 0.0937. The highest BCUT2D eigenvalue weighted by Gasteiger charge is 2.30. The van der Waals surface area contributed by atoms with Crippen molar-refractivity contribution in [2.45, 2.75) is 39.7 Å². The minimum Gasteiger partial charge on any atom is -0.496 e. The van der Waals surface area contributed by atoms with E-state index in [1.807, 2.05) is 26.0 Å². The number of ether oxygens (including phenoxy) is 1. The number of pyridine rings is 1. The van der Waals surface area contributed by atoms with Gasteiger partial charge in [-0.15, -0.1) is 0 Å². The highest BCUT2D eigenvalue weighted by molar-refractivity contribution is 5.89. The summed E-state index contributed by atoms with van der Waals surface area (Å²) in [5.74, 6) is 0.627. The summed E-state index contributed by atoms with van der Waals surface area (Å²) in [4.78, 5) is 26.4. The van der Waals surface area contributed by atoms with Gasteiger partial charge in [0.15, 0.2) is 0 Å². The van der Waals surface area contributed by atoms with Gasteiger partial charge in [-0.25, -0.2) is 9.78 Å². The topological polar surface area (TPSA) is 143 Å². The van der Waals surface area contributed by atoms with E-state index in [1.54, 1.807) is 25.5 Å². The van der Waals surface area contributed by atoms with Gasteiger partial charge in [0.2, 0.25) is 0 Å². The first kappa shape index (κ1) is 22.6. The van der Waals surface area contributed by atoms with Crippen LogP contribution in [0, 0.1) is 35.3 Å². The fourth-order valence-corrected chi connectivity index (χ4v) is 3.97. The minimum atomic E-state index is -1.20. The average molecular weight is 437 g/mol. The summed E-state index contributed by atoms with van der Waals surface area (Å²) >= 11 is 0. The maximum Gasteiger partial charge on any atom is 0.405 e. The van der Waals surface area contributed by atoms with Crippen LogP contribution < -0.4 is 10.1 Å². The molecule has 2 heterocycles. The Bertz CT molecular complexity index is 1290. The Morgan fingerprint density at radius 3 is 2.66 bits per heavy atom. The standard InChI is InChI=1S/C22H23N5O5/c1-12-6-7-18(32-5)13(2)19(12)26-17(9-22(3,4)25-21(28)29)16(10-23)15-8-14(27(30)31)11-24-20(15)26/h6-8,11,25H,9H2,1-5H3,(H,28,29). The molecule has 0 fully saturated rings. The van der Waals surface area contributed by atoms with Gasteiger partial charge in [0.25, 0.3) is 5.69 Å². The quantitative estimate of drug-likeness (QED) is 0.438. The molecule has 166 valence electrons. The molecule has 0 saturated heterocycles. The molecule has 0 radical (unpaired) electrons. The SMILES string of the molecule is COc1ccc(C)c(-n2c(CC(C)(C)NC(=O)O)c(C#N)c3cc([N+](=O)[O-])cnc32)c1C. The molecule has 0 aliphatic rings. The van der Waals surface area contributed by atoms with Crippen LogP contribution in [0.5, 0.6) is 5.75 Å². The fraction of sp³-hybridized carbons (Fsp3) is 0.318. The number of nitriles is 1. The molecular formula is C22H23N5O5. The van der Waals surface area contributed by atoms with Crippen molar-refractivity contribution >= 4 is 22.8 Å². The van der Waals surface area contributed by atoms with E-state index in [1.165, 1.54) is 6.07 Å². The van der Waals surface area contributed by atoms with Crippen LogP contribution >= 0.6 is 0 Å². The van der Waals surface area contributed by atoms with Crippen molar-refractivity contribution in [2.24, 2.45) is 0 Å². The van der Waals surface area contributed by atoms with Crippen LogP contribution in [0.4, 0.5) is 10.5 Å². The lowest BCUT2D eigenvalue weighted by Crippen LogP contribution is -2.44. The van der Waals surface area contributed by atoms with Gasteiger partial charge in [0.1, 0.15) is 23.7 Å². The number of rotatable bonds is 6. The van der Waals surface area contributed by atoms with Crippen LogP contribution in [0.25, 0.3) is 16.7 Å². The van der Waals surface area contributed by atoms with Crippen molar-refractivity contribution in [3.8, 4) is 17.5 Å². The molecule has 0 bridgehead atoms. The van der Waals surface area contributed by atoms with Crippen LogP contribution in [0.1, 0.15) is 36.2 Å². The molecule has 0 aliphatic heterocycles. The lowest BCUT2D eigenvalue weighted by molar-refractivity contribution is -0.385. The number of amides is 1. The van der Waals surface area contributed by atoms with E-state index in [-0.39, 0.29) is 17.7 Å². The largest absolute Gasteiger partial charge is 0.496 e. The second-order valence-corrected chi connectivity index (χ2v) is 8.14. The highest BCUT2D eigenvalue weighted by atomic mass is 16.6. The number of aryl methyl sites for hydroxylation is 1. The van der Waals surface area contributed by atoms with E-state index in [9.17, 15) is 25.3 Å². The van der Waals surface area contributed by atoms with Gasteiger partial charge in [0.05, 0.1) is 23.3 Å². The lowest BCUT2D eigenvalue weighted by Gasteiger charge is -2.26. The summed E-state index contributed by atoms with van der Waals surface area (Å²) in [6.45, 7) is 7.17. The predicted octanol–water partition coefficient (Wildman–Crippen LogP) is 4.02. The average Bonchev–Trinajstić information content (AvgIpc) is 2.98. The molecule has 3 aromatic rings. The smallest absolute Gasteiger partial charge is 0.405 e. The van der Waals surface area contributed by atoms with E-state index in [0.717, 1.165) is 23.0 Å². The third-order valence-corrected chi connectivity index (χ3v) is 5.30. The van der Waals surface area contributed by atoms with Gasteiger partial charge in [-0.05, 0) is 39.3 Å². The zero-order chi connectivity index (χ0) is 23.8. The number of hydrogen-bond acceptors (Lipinski definition) is 6. The molecule has 0 aliphatic carbocycles. The van der Waals surface area contributed by atoms with Gasteiger partial charge in [-0.2, -0.15) is 5.26 Å². The number of nitrogens with one attached hydrogen (secondary N) is 1. The van der Waals surface area contributed by atoms with E-state index < -0.39 is 16.6 Å². The Balaban J connectivity index is 2.45. The van der Waals surface area contributed by atoms with Crippen molar-refractivity contribution in [1.82, 2.24) is 14.9 Å². The first-order valence-electron chi connectivity index (χ1n) is 9.74. The van der Waals surface area contributed by atoms with Crippen LogP contribution in [0.3, 0.4) is 0 Å². The predicted molar refractivity (Wildman–Crippen MR) is 117 cm³/mol. The molecule has 3 rings (SSSR count). The van der Waals surface area contributed by atoms with E-state index in [4.69, 9.17) is 4.74 Å². The van der Waals surface area contributed by atoms with Crippen molar-refractivity contribution in [3.05, 3.63) is 56.9 Å². The van der Waals surface area contributed by atoms with Gasteiger partial charge in [-0.1, -0.05) is 6.07 Å². The number of hydrogen-bond donors (Lipinski definition) is 2. The maximum absolute atomic E-state index is 11.3. The third kappa shape index (κ3) is 3.92. The molecular weight excluding hydrogens is 414 g/mol. The summed E-state index contributed by atoms with van der Waals surface area (Å²) in [5, 5.41) is 33.4. The molecule has 32 heavy (non-hydrogen) atoms. The highest BCUT2D eigenvalue weighted by Crippen LogP contribution is 2.36. The van der Waals surface area contributed by atoms with Crippen LogP contribution in [0.2, 0.25) is 0 Å². The first-order chi connectivity index (χ1) is 15.0. The van der Waals surface area contributed by atoms with Crippen molar-refractivity contribution in [2.75, 3.05) is 7.11 Å². The van der Waals surface area contributed by atoms with E-state index >= 15 is 0 Å². The number of nitro groups is 1. The molecule has 2 N–H and O–H groups in total. The molecule has 0 saturated carbocycles. The van der Waals surface area contributed by atoms with Crippen LogP contribution in [0.15, 0.2) is 24.4 Å². The Labute approximate surface area is 184 Å². The van der Waals surface area contributed by atoms with Gasteiger partial charge in [0, 0.05) is 34.7 Å². The minimum absolute atomic E-state index is 0.141. The molecule has 2 aromatic heterocycles. The number of benzene rings is 1. The van der Waals surface area contributed by atoms with Crippen molar-refractivity contribution in [3.63, 3.8) is 0 Å². The Morgan fingerprint density at radius 2 is 2.09 bits per heavy atom. The normalized spacial score (nSPS) is 11.2. The van der Waals surface area contributed by atoms with Crippen molar-refractivity contribution < 1.29 is 19.6 Å². The monoisotopic (exact) mass is 437 g/mol. The van der Waals surface area contributed by atoms with Crippen LogP contribution in [-0.4, -0.2) is 38.3 Å². The number of aromatic nitrogens is 2. The van der Waals surface area contributed by atoms with Crippen molar-refractivity contribution in [1.29, 1.82) is 5.26 Å². The fourth-order valence-electron chi connectivity index (χ4n) is 3.97. The zero-order valence-corrected chi connectivity index (χ0v) is 18.4. The maximum atomic E-state index is 11.3. The molecule has 0 spiro atoms. The second kappa shape index (κ2) is 8.19. The van der Waals surface area contributed by atoms with E-state index in [0.29, 0.717) is 22.5 Å². The van der Waals surface area contributed by atoms with Gasteiger partial charge >= 0.3 is 6.09 Å². The zero-order valence-electron chi connectivity index (χ0n) is 18.4.